The summed E-state index contributed by atoms with van der Waals surface area (Å²) in [5.41, 5.74) is 3.16. The summed E-state index contributed by atoms with van der Waals surface area (Å²) in [6.45, 7) is 3.53. The van der Waals surface area contributed by atoms with E-state index < -0.39 is 10.0 Å². The second-order valence-electron chi connectivity index (χ2n) is 8.98. The van der Waals surface area contributed by atoms with Gasteiger partial charge >= 0.3 is 0 Å². The average molecular weight is 450 g/mol. The number of rotatable bonds is 7. The Labute approximate surface area is 188 Å². The molecular formula is C25H27N3O3S. The number of sulfonamides is 1. The Morgan fingerprint density at radius 3 is 2.72 bits per heavy atom. The van der Waals surface area contributed by atoms with Crippen LogP contribution in [0.3, 0.4) is 0 Å². The Morgan fingerprint density at radius 1 is 1.16 bits per heavy atom. The van der Waals surface area contributed by atoms with Crippen LogP contribution in [0.15, 0.2) is 59.8 Å². The van der Waals surface area contributed by atoms with Gasteiger partial charge in [0.1, 0.15) is 5.78 Å². The Bertz CT molecular complexity index is 1270. The van der Waals surface area contributed by atoms with E-state index in [4.69, 9.17) is 0 Å². The lowest BCUT2D eigenvalue weighted by atomic mass is 9.99. The van der Waals surface area contributed by atoms with Crippen molar-refractivity contribution in [2.45, 2.75) is 43.0 Å². The van der Waals surface area contributed by atoms with Gasteiger partial charge in [0.2, 0.25) is 10.0 Å². The first kappa shape index (κ1) is 21.2. The third kappa shape index (κ3) is 4.33. The Balaban J connectivity index is 1.23. The zero-order chi connectivity index (χ0) is 22.3. The number of Topliss-reactive ketones (excluding diaryl/α,β-unsaturated/α-hetero) is 1. The number of aryl methyl sites for hydroxylation is 1. The molecule has 1 unspecified atom stereocenters. The second-order valence-corrected chi connectivity index (χ2v) is 10.7. The summed E-state index contributed by atoms with van der Waals surface area (Å²) in [5, 5.41) is 5.38. The molecule has 0 bridgehead atoms. The van der Waals surface area contributed by atoms with Crippen LogP contribution in [-0.4, -0.2) is 38.3 Å². The van der Waals surface area contributed by atoms with Crippen molar-refractivity contribution in [2.24, 2.45) is 5.92 Å². The molecule has 2 aliphatic rings. The standard InChI is InChI=1S/C25H27N3O3S/c1-16-13-27-14-19-3-2-17(10-22(16)19)11-25(29)24-12-23(24)18-4-6-21(7-5-18)32(30,31)28-20-8-9-26-15-20/h2-7,10,13-14,20,23-24,26,28H,8-9,11-12,15H2,1H3/t20?,23-,24+/m0/s1. The van der Waals surface area contributed by atoms with Crippen LogP contribution in [0.25, 0.3) is 10.8 Å². The van der Waals surface area contributed by atoms with E-state index in [1.807, 2.05) is 43.6 Å². The molecule has 5 rings (SSSR count). The molecule has 2 aromatic carbocycles. The first-order chi connectivity index (χ1) is 15.4. The fourth-order valence-electron chi connectivity index (χ4n) is 4.65. The summed E-state index contributed by atoms with van der Waals surface area (Å²) in [6.07, 6.45) is 5.73. The van der Waals surface area contributed by atoms with Crippen molar-refractivity contribution >= 4 is 26.6 Å². The van der Waals surface area contributed by atoms with Crippen LogP contribution in [0.5, 0.6) is 0 Å². The molecule has 32 heavy (non-hydrogen) atoms. The highest BCUT2D eigenvalue weighted by molar-refractivity contribution is 7.89. The quantitative estimate of drug-likeness (QED) is 0.579. The number of nitrogens with one attached hydrogen (secondary N) is 2. The van der Waals surface area contributed by atoms with E-state index >= 15 is 0 Å². The average Bonchev–Trinajstić information content (AvgIpc) is 3.44. The molecule has 0 radical (unpaired) electrons. The Morgan fingerprint density at radius 2 is 1.97 bits per heavy atom. The number of nitrogens with zero attached hydrogens (tertiary/aromatic N) is 1. The summed E-state index contributed by atoms with van der Waals surface area (Å²) in [5.74, 6) is 0.431. The van der Waals surface area contributed by atoms with E-state index in [9.17, 15) is 13.2 Å². The fourth-order valence-corrected chi connectivity index (χ4v) is 5.93. The molecule has 3 aromatic rings. The smallest absolute Gasteiger partial charge is 0.240 e. The first-order valence-corrected chi connectivity index (χ1v) is 12.6. The molecule has 1 saturated carbocycles. The van der Waals surface area contributed by atoms with Gasteiger partial charge in [-0.05, 0) is 66.4 Å². The number of aromatic nitrogens is 1. The summed E-state index contributed by atoms with van der Waals surface area (Å²) in [7, 11) is -3.52. The predicted octanol–water partition coefficient (Wildman–Crippen LogP) is 3.10. The maximum absolute atomic E-state index is 12.9. The number of carbonyl (C=O) groups excluding carboxylic acids is 1. The minimum Gasteiger partial charge on any atom is -0.315 e. The van der Waals surface area contributed by atoms with Crippen molar-refractivity contribution in [1.82, 2.24) is 15.0 Å². The number of benzene rings is 2. The normalized spacial score (nSPS) is 22.8. The molecule has 0 amide bonds. The van der Waals surface area contributed by atoms with Gasteiger partial charge in [-0.15, -0.1) is 0 Å². The van der Waals surface area contributed by atoms with Crippen molar-refractivity contribution in [2.75, 3.05) is 13.1 Å². The van der Waals surface area contributed by atoms with E-state index in [0.29, 0.717) is 13.0 Å². The van der Waals surface area contributed by atoms with Crippen molar-refractivity contribution in [3.8, 4) is 0 Å². The molecule has 0 spiro atoms. The van der Waals surface area contributed by atoms with Gasteiger partial charge in [-0.3, -0.25) is 9.78 Å². The number of fused-ring (bicyclic) bond motifs is 1. The number of pyridine rings is 1. The van der Waals surface area contributed by atoms with E-state index in [2.05, 4.69) is 21.1 Å². The molecular weight excluding hydrogens is 422 g/mol. The molecule has 2 fully saturated rings. The molecule has 1 aliphatic heterocycles. The summed E-state index contributed by atoms with van der Waals surface area (Å²) in [4.78, 5) is 17.4. The van der Waals surface area contributed by atoms with Crippen LogP contribution in [0.2, 0.25) is 0 Å². The Kier molecular flexibility index (Phi) is 5.57. The van der Waals surface area contributed by atoms with Crippen LogP contribution < -0.4 is 10.0 Å². The van der Waals surface area contributed by atoms with Crippen LogP contribution in [0.4, 0.5) is 0 Å². The summed E-state index contributed by atoms with van der Waals surface area (Å²) in [6, 6.07) is 13.1. The van der Waals surface area contributed by atoms with Gasteiger partial charge in [0, 0.05) is 42.7 Å². The number of ketones is 1. The van der Waals surface area contributed by atoms with Crippen LogP contribution in [-0.2, 0) is 21.2 Å². The number of carbonyl (C=O) groups is 1. The molecule has 1 aromatic heterocycles. The van der Waals surface area contributed by atoms with E-state index in [-0.39, 0.29) is 28.6 Å². The summed E-state index contributed by atoms with van der Waals surface area (Å²) >= 11 is 0. The van der Waals surface area contributed by atoms with Gasteiger partial charge < -0.3 is 5.32 Å². The van der Waals surface area contributed by atoms with Crippen molar-refractivity contribution in [3.63, 3.8) is 0 Å². The first-order valence-electron chi connectivity index (χ1n) is 11.1. The van der Waals surface area contributed by atoms with Crippen molar-refractivity contribution in [3.05, 3.63) is 71.5 Å². The number of hydrogen-bond donors (Lipinski definition) is 2. The minimum atomic E-state index is -3.52. The third-order valence-electron chi connectivity index (χ3n) is 6.61. The Hall–Kier alpha value is -2.61. The zero-order valence-electron chi connectivity index (χ0n) is 18.0. The molecule has 6 nitrogen and oxygen atoms in total. The predicted molar refractivity (Wildman–Crippen MR) is 124 cm³/mol. The summed E-state index contributed by atoms with van der Waals surface area (Å²) < 4.78 is 27.9. The monoisotopic (exact) mass is 449 g/mol. The fraction of sp³-hybridized carbons (Fsp3) is 0.360. The van der Waals surface area contributed by atoms with Gasteiger partial charge in [0.05, 0.1) is 4.90 Å². The van der Waals surface area contributed by atoms with E-state index in [0.717, 1.165) is 46.8 Å². The van der Waals surface area contributed by atoms with Crippen LogP contribution in [0.1, 0.15) is 35.4 Å². The number of hydrogen-bond acceptors (Lipinski definition) is 5. The molecule has 2 N–H and O–H groups in total. The van der Waals surface area contributed by atoms with Crippen molar-refractivity contribution in [1.29, 1.82) is 0 Å². The molecule has 166 valence electrons. The van der Waals surface area contributed by atoms with E-state index in [1.54, 1.807) is 12.1 Å². The molecule has 1 aliphatic carbocycles. The highest BCUT2D eigenvalue weighted by Crippen LogP contribution is 2.48. The minimum absolute atomic E-state index is 0.00868. The van der Waals surface area contributed by atoms with Gasteiger partial charge in [0.25, 0.3) is 0 Å². The molecule has 2 heterocycles. The maximum Gasteiger partial charge on any atom is 0.240 e. The van der Waals surface area contributed by atoms with Gasteiger partial charge in [0.15, 0.2) is 0 Å². The molecule has 3 atom stereocenters. The van der Waals surface area contributed by atoms with Gasteiger partial charge in [-0.1, -0.05) is 30.3 Å². The largest absolute Gasteiger partial charge is 0.315 e. The highest BCUT2D eigenvalue weighted by Gasteiger charge is 2.43. The maximum atomic E-state index is 12.9. The van der Waals surface area contributed by atoms with Gasteiger partial charge in [-0.2, -0.15) is 0 Å². The lowest BCUT2D eigenvalue weighted by molar-refractivity contribution is -0.119. The van der Waals surface area contributed by atoms with Crippen LogP contribution in [0, 0.1) is 12.8 Å². The lowest BCUT2D eigenvalue weighted by Crippen LogP contribution is -2.36. The van der Waals surface area contributed by atoms with E-state index in [1.165, 1.54) is 0 Å². The SMILES string of the molecule is Cc1cncc2ccc(CC(=O)[C@@H]3C[C@H]3c3ccc(S(=O)(=O)NC4CCNC4)cc3)cc12. The topological polar surface area (TPSA) is 88.2 Å². The lowest BCUT2D eigenvalue weighted by Gasteiger charge is -2.12. The van der Waals surface area contributed by atoms with Gasteiger partial charge in [-0.25, -0.2) is 13.1 Å². The van der Waals surface area contributed by atoms with Crippen LogP contribution >= 0.6 is 0 Å². The second kappa shape index (κ2) is 8.39. The molecule has 1 saturated heterocycles. The van der Waals surface area contributed by atoms with Crippen molar-refractivity contribution < 1.29 is 13.2 Å². The highest BCUT2D eigenvalue weighted by atomic mass is 32.2. The molecule has 7 heteroatoms. The third-order valence-corrected chi connectivity index (χ3v) is 8.14. The zero-order valence-corrected chi connectivity index (χ0v) is 18.9.